The second-order valence-corrected chi connectivity index (χ2v) is 5.29. The van der Waals surface area contributed by atoms with Gasteiger partial charge in [-0.1, -0.05) is 0 Å². The number of rotatable bonds is 2. The van der Waals surface area contributed by atoms with Crippen molar-refractivity contribution in [1.82, 2.24) is 0 Å². The van der Waals surface area contributed by atoms with E-state index in [9.17, 15) is 35.9 Å². The Hall–Kier alpha value is -2.72. The molecule has 0 atom stereocenters. The fourth-order valence-electron chi connectivity index (χ4n) is 1.89. The average molecular weight is 369 g/mol. The molecule has 0 saturated carbocycles. The third-order valence-corrected chi connectivity index (χ3v) is 2.93. The number of nitrogens with one attached hydrogen (secondary N) is 1. The molecule has 0 radical (unpaired) electrons. The first-order chi connectivity index (χ1) is 11.3. The summed E-state index contributed by atoms with van der Waals surface area (Å²) in [5, 5.41) is 1.85. The van der Waals surface area contributed by atoms with E-state index in [0.717, 1.165) is 0 Å². The summed E-state index contributed by atoms with van der Waals surface area (Å²) in [5.41, 5.74) is -4.25. The normalized spacial score (nSPS) is 17.0. The summed E-state index contributed by atoms with van der Waals surface area (Å²) in [7, 11) is 0. The molecule has 1 heterocycles. The van der Waals surface area contributed by atoms with Crippen molar-refractivity contribution < 1.29 is 45.4 Å². The maximum atomic E-state index is 13.7. The van der Waals surface area contributed by atoms with Crippen molar-refractivity contribution in [1.29, 1.82) is 0 Å². The van der Waals surface area contributed by atoms with Gasteiger partial charge >= 0.3 is 18.1 Å². The lowest BCUT2D eigenvalue weighted by Gasteiger charge is -2.29. The highest BCUT2D eigenvalue weighted by atomic mass is 19.4. The lowest BCUT2D eigenvalue weighted by Crippen LogP contribution is -2.42. The largest absolute Gasteiger partial charge is 0.422 e. The van der Waals surface area contributed by atoms with Crippen molar-refractivity contribution in [2.24, 2.45) is 0 Å². The number of carbonyl (C=O) groups excluding carboxylic acids is 2. The minimum absolute atomic E-state index is 0.0295. The van der Waals surface area contributed by atoms with E-state index in [-0.39, 0.29) is 6.07 Å². The van der Waals surface area contributed by atoms with E-state index in [1.165, 1.54) is 13.8 Å². The SMILES string of the molecule is CC1(C)OC(=O)C(=CNc2cc(F)c(C(F)(F)F)c(F)c2F)C(=O)O1. The predicted octanol–water partition coefficient (Wildman–Crippen LogP) is 3.25. The van der Waals surface area contributed by atoms with Gasteiger partial charge in [0.25, 0.3) is 5.79 Å². The van der Waals surface area contributed by atoms with Gasteiger partial charge in [0.2, 0.25) is 0 Å². The van der Waals surface area contributed by atoms with Crippen molar-refractivity contribution in [3.63, 3.8) is 0 Å². The van der Waals surface area contributed by atoms with Gasteiger partial charge in [0.05, 0.1) is 5.69 Å². The first-order valence-electron chi connectivity index (χ1n) is 6.51. The second kappa shape index (κ2) is 5.97. The Bertz CT molecular complexity index is 763. The third-order valence-electron chi connectivity index (χ3n) is 2.93. The summed E-state index contributed by atoms with van der Waals surface area (Å²) in [6.45, 7) is 2.51. The van der Waals surface area contributed by atoms with Crippen LogP contribution in [0.4, 0.5) is 32.0 Å². The molecule has 136 valence electrons. The molecule has 1 aromatic rings. The van der Waals surface area contributed by atoms with E-state index in [2.05, 4.69) is 0 Å². The maximum Gasteiger partial charge on any atom is 0.422 e. The van der Waals surface area contributed by atoms with Crippen LogP contribution in [0.15, 0.2) is 17.8 Å². The standard InChI is InChI=1S/C14H9F6NO4/c1-13(2)24-11(22)5(12(23)25-13)4-21-7-3-6(15)8(14(18,19)20)10(17)9(7)16/h3-4,21H,1-2H3. The van der Waals surface area contributed by atoms with Crippen LogP contribution < -0.4 is 5.32 Å². The monoisotopic (exact) mass is 369 g/mol. The number of benzene rings is 1. The van der Waals surface area contributed by atoms with Gasteiger partial charge < -0.3 is 14.8 Å². The number of halogens is 6. The highest BCUT2D eigenvalue weighted by Gasteiger charge is 2.41. The number of ether oxygens (including phenoxy) is 2. The van der Waals surface area contributed by atoms with E-state index in [1.54, 1.807) is 0 Å². The van der Waals surface area contributed by atoms with Crippen LogP contribution in [0, 0.1) is 17.5 Å². The highest BCUT2D eigenvalue weighted by molar-refractivity contribution is 6.15. The Morgan fingerprint density at radius 2 is 1.56 bits per heavy atom. The van der Waals surface area contributed by atoms with Crippen LogP contribution in [0.1, 0.15) is 19.4 Å². The van der Waals surface area contributed by atoms with Crippen molar-refractivity contribution in [2.75, 3.05) is 5.32 Å². The molecule has 1 aliphatic heterocycles. The van der Waals surface area contributed by atoms with Gasteiger partial charge in [-0.15, -0.1) is 0 Å². The third kappa shape index (κ3) is 3.69. The summed E-state index contributed by atoms with van der Waals surface area (Å²) < 4.78 is 87.4. The van der Waals surface area contributed by atoms with E-state index in [4.69, 9.17) is 9.47 Å². The molecule has 0 amide bonds. The number of hydrogen-bond donors (Lipinski definition) is 1. The number of cyclic esters (lactones) is 2. The Balaban J connectivity index is 2.36. The molecule has 1 aliphatic rings. The maximum absolute atomic E-state index is 13.7. The molecule has 11 heteroatoms. The van der Waals surface area contributed by atoms with Crippen molar-refractivity contribution in [3.05, 3.63) is 40.9 Å². The highest BCUT2D eigenvalue weighted by Crippen LogP contribution is 2.36. The Morgan fingerprint density at radius 1 is 1.04 bits per heavy atom. The summed E-state index contributed by atoms with van der Waals surface area (Å²) in [4.78, 5) is 23.2. The summed E-state index contributed by atoms with van der Waals surface area (Å²) >= 11 is 0. The van der Waals surface area contributed by atoms with Gasteiger partial charge in [0.15, 0.2) is 17.2 Å². The topological polar surface area (TPSA) is 64.6 Å². The Labute approximate surface area is 136 Å². The molecule has 2 rings (SSSR count). The van der Waals surface area contributed by atoms with Gasteiger partial charge in [-0.2, -0.15) is 13.2 Å². The molecule has 0 aromatic heterocycles. The molecule has 0 bridgehead atoms. The molecule has 0 aliphatic carbocycles. The zero-order valence-corrected chi connectivity index (χ0v) is 12.6. The zero-order chi connectivity index (χ0) is 19.2. The predicted molar refractivity (Wildman–Crippen MR) is 69.3 cm³/mol. The molecule has 0 unspecified atom stereocenters. The van der Waals surface area contributed by atoms with Crippen molar-refractivity contribution in [3.8, 4) is 0 Å². The van der Waals surface area contributed by atoms with Gasteiger partial charge in [0, 0.05) is 26.1 Å². The minimum atomic E-state index is -5.45. The van der Waals surface area contributed by atoms with Gasteiger partial charge in [-0.3, -0.25) is 0 Å². The fraction of sp³-hybridized carbons (Fsp3) is 0.286. The molecule has 1 saturated heterocycles. The van der Waals surface area contributed by atoms with Crippen LogP contribution in [0.5, 0.6) is 0 Å². The quantitative estimate of drug-likeness (QED) is 0.285. The lowest BCUT2D eigenvalue weighted by molar-refractivity contribution is -0.222. The van der Waals surface area contributed by atoms with Crippen molar-refractivity contribution >= 4 is 17.6 Å². The number of hydrogen-bond acceptors (Lipinski definition) is 5. The molecular formula is C14H9F6NO4. The molecule has 5 nitrogen and oxygen atoms in total. The first-order valence-corrected chi connectivity index (χ1v) is 6.51. The Morgan fingerprint density at radius 3 is 2.04 bits per heavy atom. The summed E-state index contributed by atoms with van der Waals surface area (Å²) in [6.07, 6.45) is -4.95. The van der Waals surface area contributed by atoms with Crippen LogP contribution in [-0.2, 0) is 25.2 Å². The lowest BCUT2D eigenvalue weighted by atomic mass is 10.1. The Kier molecular flexibility index (Phi) is 4.45. The molecule has 0 spiro atoms. The van der Waals surface area contributed by atoms with Gasteiger partial charge in [-0.25, -0.2) is 22.8 Å². The number of anilines is 1. The van der Waals surface area contributed by atoms with Crippen molar-refractivity contribution in [2.45, 2.75) is 25.8 Å². The van der Waals surface area contributed by atoms with Crippen LogP contribution >= 0.6 is 0 Å². The van der Waals surface area contributed by atoms with Crippen LogP contribution in [0.2, 0.25) is 0 Å². The molecule has 1 aromatic carbocycles. The smallest absolute Gasteiger partial charge is 0.419 e. The van der Waals surface area contributed by atoms with Gasteiger partial charge in [0.1, 0.15) is 11.4 Å². The second-order valence-electron chi connectivity index (χ2n) is 5.29. The summed E-state index contributed by atoms with van der Waals surface area (Å²) in [6, 6.07) is 0.0295. The number of alkyl halides is 3. The van der Waals surface area contributed by atoms with E-state index in [0.29, 0.717) is 6.20 Å². The zero-order valence-electron chi connectivity index (χ0n) is 12.6. The average Bonchev–Trinajstić information content (AvgIpc) is 2.40. The van der Waals surface area contributed by atoms with Crippen LogP contribution in [0.3, 0.4) is 0 Å². The first kappa shape index (κ1) is 18.6. The molecule has 1 fully saturated rings. The molecule has 1 N–H and O–H groups in total. The van der Waals surface area contributed by atoms with E-state index in [1.807, 2.05) is 5.32 Å². The fourth-order valence-corrected chi connectivity index (χ4v) is 1.89. The molecular weight excluding hydrogens is 360 g/mol. The van der Waals surface area contributed by atoms with Crippen LogP contribution in [0.25, 0.3) is 0 Å². The molecule has 25 heavy (non-hydrogen) atoms. The van der Waals surface area contributed by atoms with Crippen LogP contribution in [-0.4, -0.2) is 17.7 Å². The number of carbonyl (C=O) groups is 2. The van der Waals surface area contributed by atoms with E-state index >= 15 is 0 Å². The van der Waals surface area contributed by atoms with Gasteiger partial charge in [-0.05, 0) is 0 Å². The number of esters is 2. The summed E-state index contributed by atoms with van der Waals surface area (Å²) in [5.74, 6) is -10.5. The van der Waals surface area contributed by atoms with E-state index < -0.39 is 58.2 Å². The minimum Gasteiger partial charge on any atom is -0.419 e.